The quantitative estimate of drug-likeness (QED) is 0.606. The highest BCUT2D eigenvalue weighted by Gasteiger charge is 2.37. The Kier molecular flexibility index (Phi) is 6.61. The number of rotatable bonds is 7. The molecule has 2 aromatic rings. The normalized spacial score (nSPS) is 16.7. The van der Waals surface area contributed by atoms with Crippen LogP contribution >= 0.6 is 0 Å². The first-order valence-corrected chi connectivity index (χ1v) is 13.4. The van der Waals surface area contributed by atoms with Gasteiger partial charge in [0.15, 0.2) is 14.5 Å². The lowest BCUT2D eigenvalue weighted by Gasteiger charge is -2.36. The van der Waals surface area contributed by atoms with E-state index < -0.39 is 20.2 Å². The zero-order valence-corrected chi connectivity index (χ0v) is 20.2. The van der Waals surface area contributed by atoms with Crippen molar-refractivity contribution in [2.45, 2.75) is 58.1 Å². The van der Waals surface area contributed by atoms with Crippen LogP contribution in [0, 0.1) is 0 Å². The van der Waals surface area contributed by atoms with Crippen molar-refractivity contribution in [3.63, 3.8) is 0 Å². The van der Waals surface area contributed by atoms with E-state index >= 15 is 0 Å². The molecular weight excluding hydrogens is 412 g/mol. The van der Waals surface area contributed by atoms with Crippen molar-refractivity contribution in [3.05, 3.63) is 74.8 Å². The highest BCUT2D eigenvalue weighted by Crippen LogP contribution is 2.37. The molecule has 0 spiro atoms. The predicted octanol–water partition coefficient (Wildman–Crippen LogP) is 3.89. The Bertz CT molecular complexity index is 1060. The van der Waals surface area contributed by atoms with E-state index in [0.29, 0.717) is 13.0 Å². The molecule has 0 N–H and O–H groups in total. The van der Waals surface area contributed by atoms with Crippen LogP contribution in [0.25, 0.3) is 0 Å². The molecule has 0 radical (unpaired) electrons. The van der Waals surface area contributed by atoms with Gasteiger partial charge < -0.3 is 13.9 Å². The second-order valence-corrected chi connectivity index (χ2v) is 14.1. The van der Waals surface area contributed by atoms with Crippen molar-refractivity contribution >= 4 is 8.32 Å². The number of hydrogen-bond acceptors (Lipinski definition) is 5. The number of methoxy groups -OCH3 is 1. The smallest absolute Gasteiger partial charge is 0.334 e. The average molecular weight is 445 g/mol. The molecule has 1 aliphatic heterocycles. The minimum absolute atomic E-state index is 0.111. The third-order valence-electron chi connectivity index (χ3n) is 6.12. The Morgan fingerprint density at radius 2 is 1.81 bits per heavy atom. The summed E-state index contributed by atoms with van der Waals surface area (Å²) < 4.78 is 20.1. The molecule has 0 fully saturated rings. The minimum atomic E-state index is -1.89. The van der Waals surface area contributed by atoms with Gasteiger partial charge in [-0.3, -0.25) is 13.9 Å². The Morgan fingerprint density at radius 1 is 1.13 bits per heavy atom. The molecule has 0 aliphatic carbocycles. The van der Waals surface area contributed by atoms with Crippen molar-refractivity contribution in [2.24, 2.45) is 0 Å². The van der Waals surface area contributed by atoms with Crippen molar-refractivity contribution < 1.29 is 13.9 Å². The number of nitrogens with zero attached hydrogens (tertiary/aromatic N) is 2. The van der Waals surface area contributed by atoms with Crippen molar-refractivity contribution in [1.82, 2.24) is 9.13 Å². The molecule has 168 valence electrons. The van der Waals surface area contributed by atoms with Gasteiger partial charge in [-0.15, -0.1) is 0 Å². The van der Waals surface area contributed by atoms with E-state index in [-0.39, 0.29) is 17.1 Å². The average Bonchev–Trinajstić information content (AvgIpc) is 3.18. The van der Waals surface area contributed by atoms with Gasteiger partial charge in [0.2, 0.25) is 0 Å². The standard InChI is InChI=1S/C23H32N2O5Si/c1-23(2,3)31(5,6)29-16-19-11-12-21(30-19)24-14-13-20(26)25(22(24)27)15-17-7-9-18(28-4)10-8-17/h7-11,13-14,21H,12,15-16H2,1-6H3/t21-/m1/s1. The number of hydrogen-bond donors (Lipinski definition) is 0. The maximum atomic E-state index is 13.0. The molecular formula is C23H32N2O5Si. The zero-order chi connectivity index (χ0) is 22.8. The summed E-state index contributed by atoms with van der Waals surface area (Å²) in [4.78, 5) is 25.4. The second kappa shape index (κ2) is 8.88. The van der Waals surface area contributed by atoms with Crippen LogP contribution in [0.15, 0.2) is 58.0 Å². The maximum Gasteiger partial charge on any atom is 0.334 e. The van der Waals surface area contributed by atoms with Crippen molar-refractivity contribution in [1.29, 1.82) is 0 Å². The Hall–Kier alpha value is -2.58. The molecule has 1 aromatic heterocycles. The molecule has 1 atom stereocenters. The van der Waals surface area contributed by atoms with E-state index in [0.717, 1.165) is 17.1 Å². The van der Waals surface area contributed by atoms with Gasteiger partial charge >= 0.3 is 5.69 Å². The van der Waals surface area contributed by atoms with Gasteiger partial charge in [-0.2, -0.15) is 0 Å². The minimum Gasteiger partial charge on any atom is -0.497 e. The molecule has 8 heteroatoms. The molecule has 31 heavy (non-hydrogen) atoms. The third-order valence-corrected chi connectivity index (χ3v) is 10.6. The molecule has 7 nitrogen and oxygen atoms in total. The van der Waals surface area contributed by atoms with E-state index in [4.69, 9.17) is 13.9 Å². The predicted molar refractivity (Wildman–Crippen MR) is 123 cm³/mol. The topological polar surface area (TPSA) is 71.7 Å². The summed E-state index contributed by atoms with van der Waals surface area (Å²) in [5.74, 6) is 1.45. The van der Waals surface area contributed by atoms with Gasteiger partial charge in [-0.05, 0) is 41.9 Å². The first-order valence-electron chi connectivity index (χ1n) is 10.5. The summed E-state index contributed by atoms with van der Waals surface area (Å²) in [6, 6.07) is 8.69. The van der Waals surface area contributed by atoms with Gasteiger partial charge in [-0.25, -0.2) is 4.79 Å². The van der Waals surface area contributed by atoms with Crippen LogP contribution < -0.4 is 16.0 Å². The van der Waals surface area contributed by atoms with Gasteiger partial charge in [0.1, 0.15) is 11.5 Å². The Balaban J connectivity index is 1.72. The third kappa shape index (κ3) is 5.19. The van der Waals surface area contributed by atoms with Crippen molar-refractivity contribution in [2.75, 3.05) is 13.7 Å². The lowest BCUT2D eigenvalue weighted by atomic mass is 10.2. The lowest BCUT2D eigenvalue weighted by Crippen LogP contribution is -2.41. The summed E-state index contributed by atoms with van der Waals surface area (Å²) in [7, 11) is -0.301. The van der Waals surface area contributed by atoms with Crippen LogP contribution in [0.5, 0.6) is 5.75 Å². The monoisotopic (exact) mass is 444 g/mol. The summed E-state index contributed by atoms with van der Waals surface area (Å²) in [6.07, 6.45) is 3.54. The van der Waals surface area contributed by atoms with Gasteiger partial charge in [-0.1, -0.05) is 32.9 Å². The number of benzene rings is 1. The summed E-state index contributed by atoms with van der Waals surface area (Å²) in [6.45, 7) is 11.5. The van der Waals surface area contributed by atoms with Crippen LogP contribution in [0.4, 0.5) is 0 Å². The molecule has 2 heterocycles. The van der Waals surface area contributed by atoms with Crippen LogP contribution in [0.2, 0.25) is 18.1 Å². The Morgan fingerprint density at radius 3 is 2.42 bits per heavy atom. The van der Waals surface area contributed by atoms with E-state index in [9.17, 15) is 9.59 Å². The van der Waals surface area contributed by atoms with Gasteiger partial charge in [0, 0.05) is 18.7 Å². The summed E-state index contributed by atoms with van der Waals surface area (Å²) >= 11 is 0. The molecule has 0 saturated carbocycles. The van der Waals surface area contributed by atoms with Gasteiger partial charge in [0.25, 0.3) is 5.56 Å². The van der Waals surface area contributed by atoms with Gasteiger partial charge in [0.05, 0.1) is 20.3 Å². The number of aromatic nitrogens is 2. The van der Waals surface area contributed by atoms with Crippen LogP contribution in [0.1, 0.15) is 39.0 Å². The van der Waals surface area contributed by atoms with Crippen LogP contribution in [-0.4, -0.2) is 31.2 Å². The maximum absolute atomic E-state index is 13.0. The van der Waals surface area contributed by atoms with Crippen LogP contribution in [0.3, 0.4) is 0 Å². The summed E-state index contributed by atoms with van der Waals surface area (Å²) in [5, 5.41) is 0.111. The molecule has 1 aliphatic rings. The van der Waals surface area contributed by atoms with E-state index in [1.807, 2.05) is 18.2 Å². The molecule has 0 amide bonds. The molecule has 0 saturated heterocycles. The Labute approximate surface area is 184 Å². The SMILES string of the molecule is COc1ccc(Cn2c(=O)ccn([C@H]3CC=C(CO[Si](C)(C)C(C)(C)C)O3)c2=O)cc1. The van der Waals surface area contributed by atoms with Crippen LogP contribution in [-0.2, 0) is 15.7 Å². The van der Waals surface area contributed by atoms with E-state index in [1.54, 1.807) is 19.2 Å². The molecule has 1 aromatic carbocycles. The first kappa shape index (κ1) is 23.1. The first-order chi connectivity index (χ1) is 14.5. The largest absolute Gasteiger partial charge is 0.497 e. The fraction of sp³-hybridized carbons (Fsp3) is 0.478. The molecule has 0 bridgehead atoms. The zero-order valence-electron chi connectivity index (χ0n) is 19.2. The fourth-order valence-corrected chi connectivity index (χ4v) is 3.98. The highest BCUT2D eigenvalue weighted by atomic mass is 28.4. The highest BCUT2D eigenvalue weighted by molar-refractivity contribution is 6.74. The molecule has 3 rings (SSSR count). The second-order valence-electron chi connectivity index (χ2n) is 9.31. The van der Waals surface area contributed by atoms with E-state index in [1.165, 1.54) is 21.4 Å². The summed E-state index contributed by atoms with van der Waals surface area (Å²) in [5.41, 5.74) is 0.101. The van der Waals surface area contributed by atoms with E-state index in [2.05, 4.69) is 33.9 Å². The molecule has 0 unspecified atom stereocenters. The lowest BCUT2D eigenvalue weighted by molar-refractivity contribution is 0.0594. The number of ether oxygens (including phenoxy) is 2. The van der Waals surface area contributed by atoms with Crippen molar-refractivity contribution in [3.8, 4) is 5.75 Å². The fourth-order valence-electron chi connectivity index (χ4n) is 3.04.